The third-order valence-electron chi connectivity index (χ3n) is 2.61. The van der Waals surface area contributed by atoms with Crippen molar-refractivity contribution >= 4 is 17.9 Å². The second-order valence-corrected chi connectivity index (χ2v) is 6.83. The molecule has 0 aliphatic carbocycles. The van der Waals surface area contributed by atoms with Crippen molar-refractivity contribution in [1.82, 2.24) is 10.6 Å². The quantitative estimate of drug-likeness (QED) is 0.763. The first-order valence-corrected chi connectivity index (χ1v) is 8.06. The molecule has 19 heavy (non-hydrogen) atoms. The van der Waals surface area contributed by atoms with Crippen molar-refractivity contribution in [2.24, 2.45) is 0 Å². The van der Waals surface area contributed by atoms with E-state index in [-0.39, 0.29) is 6.09 Å². The maximum absolute atomic E-state index is 11.4. The highest BCUT2D eigenvalue weighted by molar-refractivity contribution is 7.99. The molecule has 4 nitrogen and oxygen atoms in total. The fraction of sp³-hybridized carbons (Fsp3) is 0.786. The Morgan fingerprint density at radius 2 is 2.11 bits per heavy atom. The van der Waals surface area contributed by atoms with Gasteiger partial charge in [-0.05, 0) is 39.4 Å². The monoisotopic (exact) mass is 286 g/mol. The van der Waals surface area contributed by atoms with Crippen molar-refractivity contribution in [1.29, 1.82) is 0 Å². The van der Waals surface area contributed by atoms with Crippen LogP contribution in [0.2, 0.25) is 0 Å². The van der Waals surface area contributed by atoms with Gasteiger partial charge >= 0.3 is 6.09 Å². The van der Waals surface area contributed by atoms with Crippen molar-refractivity contribution in [2.45, 2.75) is 45.3 Å². The molecule has 0 aromatic heterocycles. The molecule has 0 aromatic carbocycles. The zero-order chi connectivity index (χ0) is 14.1. The van der Waals surface area contributed by atoms with Crippen molar-refractivity contribution in [2.75, 3.05) is 24.6 Å². The summed E-state index contributed by atoms with van der Waals surface area (Å²) in [6.45, 7) is 6.94. The maximum atomic E-state index is 11.4. The maximum Gasteiger partial charge on any atom is 0.407 e. The van der Waals surface area contributed by atoms with E-state index in [9.17, 15) is 4.79 Å². The first kappa shape index (κ1) is 16.4. The van der Waals surface area contributed by atoms with Gasteiger partial charge in [0.15, 0.2) is 0 Å². The third kappa shape index (κ3) is 8.94. The fourth-order valence-corrected chi connectivity index (χ4v) is 2.87. The standard InChI is InChI=1S/C14H26N2O2S/c1-14(2,3)18-13(17)16-9-5-4-8-15-12-7-6-10-19-11-12/h4-5,12,15H,6-11H2,1-3H3,(H,16,17)/b5-4+. The summed E-state index contributed by atoms with van der Waals surface area (Å²) >= 11 is 2.02. The second kappa shape index (κ2) is 8.48. The molecule has 5 heteroatoms. The highest BCUT2D eigenvalue weighted by Gasteiger charge is 2.15. The average Bonchev–Trinajstić information content (AvgIpc) is 2.32. The lowest BCUT2D eigenvalue weighted by Crippen LogP contribution is -2.34. The van der Waals surface area contributed by atoms with E-state index in [0.717, 1.165) is 6.54 Å². The van der Waals surface area contributed by atoms with E-state index in [1.165, 1.54) is 24.3 Å². The molecule has 1 heterocycles. The predicted octanol–water partition coefficient (Wildman–Crippen LogP) is 2.55. The topological polar surface area (TPSA) is 50.4 Å². The van der Waals surface area contributed by atoms with Crippen molar-refractivity contribution in [3.05, 3.63) is 12.2 Å². The molecule has 1 atom stereocenters. The van der Waals surface area contributed by atoms with E-state index in [1.807, 2.05) is 38.6 Å². The van der Waals surface area contributed by atoms with E-state index in [4.69, 9.17) is 4.74 Å². The van der Waals surface area contributed by atoms with Gasteiger partial charge in [-0.3, -0.25) is 0 Å². The minimum Gasteiger partial charge on any atom is -0.444 e. The Balaban J connectivity index is 2.02. The first-order chi connectivity index (χ1) is 8.97. The average molecular weight is 286 g/mol. The Bertz CT molecular complexity index is 294. The summed E-state index contributed by atoms with van der Waals surface area (Å²) in [5.41, 5.74) is -0.437. The molecule has 110 valence electrons. The van der Waals surface area contributed by atoms with Gasteiger partial charge in [-0.25, -0.2) is 4.79 Å². The number of amides is 1. The number of thioether (sulfide) groups is 1. The molecule has 1 amide bonds. The van der Waals surface area contributed by atoms with E-state index < -0.39 is 5.60 Å². The number of hydrogen-bond acceptors (Lipinski definition) is 4. The van der Waals surface area contributed by atoms with Gasteiger partial charge in [0, 0.05) is 24.9 Å². The molecule has 0 radical (unpaired) electrons. The van der Waals surface area contributed by atoms with E-state index in [0.29, 0.717) is 12.6 Å². The lowest BCUT2D eigenvalue weighted by Gasteiger charge is -2.21. The molecule has 1 aliphatic heterocycles. The summed E-state index contributed by atoms with van der Waals surface area (Å²) < 4.78 is 5.14. The van der Waals surface area contributed by atoms with Gasteiger partial charge in [0.1, 0.15) is 5.60 Å². The third-order valence-corrected chi connectivity index (χ3v) is 3.83. The number of rotatable bonds is 5. The Kier molecular flexibility index (Phi) is 7.31. The second-order valence-electron chi connectivity index (χ2n) is 5.68. The van der Waals surface area contributed by atoms with Gasteiger partial charge in [0.25, 0.3) is 0 Å². The Morgan fingerprint density at radius 3 is 2.74 bits per heavy atom. The first-order valence-electron chi connectivity index (χ1n) is 6.90. The summed E-state index contributed by atoms with van der Waals surface area (Å²) in [5.74, 6) is 2.51. The molecule has 1 aliphatic rings. The van der Waals surface area contributed by atoms with Gasteiger partial charge in [-0.1, -0.05) is 12.2 Å². The predicted molar refractivity (Wildman–Crippen MR) is 81.7 cm³/mol. The molecule has 0 spiro atoms. The van der Waals surface area contributed by atoms with Crippen LogP contribution in [0.4, 0.5) is 4.79 Å². The largest absolute Gasteiger partial charge is 0.444 e. The molecule has 2 N–H and O–H groups in total. The summed E-state index contributed by atoms with van der Waals surface area (Å²) in [6.07, 6.45) is 6.22. The van der Waals surface area contributed by atoms with Crippen LogP contribution in [0.5, 0.6) is 0 Å². The molecule has 0 bridgehead atoms. The summed E-state index contributed by atoms with van der Waals surface area (Å²) in [5, 5.41) is 6.19. The van der Waals surface area contributed by atoms with Crippen molar-refractivity contribution < 1.29 is 9.53 Å². The van der Waals surface area contributed by atoms with Gasteiger partial charge in [0.2, 0.25) is 0 Å². The van der Waals surface area contributed by atoms with Crippen molar-refractivity contribution in [3.8, 4) is 0 Å². The lowest BCUT2D eigenvalue weighted by molar-refractivity contribution is 0.0534. The van der Waals surface area contributed by atoms with Crippen LogP contribution in [-0.2, 0) is 4.74 Å². The molecule has 0 aromatic rings. The number of nitrogens with one attached hydrogen (secondary N) is 2. The number of ether oxygens (including phenoxy) is 1. The number of carbonyl (C=O) groups is 1. The lowest BCUT2D eigenvalue weighted by atomic mass is 10.2. The van der Waals surface area contributed by atoms with Gasteiger partial charge in [-0.2, -0.15) is 11.8 Å². The summed E-state index contributed by atoms with van der Waals surface area (Å²) in [6, 6.07) is 0.641. The van der Waals surface area contributed by atoms with Crippen LogP contribution in [0.1, 0.15) is 33.6 Å². The highest BCUT2D eigenvalue weighted by atomic mass is 32.2. The van der Waals surface area contributed by atoms with Crippen LogP contribution >= 0.6 is 11.8 Å². The molecule has 0 saturated carbocycles. The molecule has 1 unspecified atom stereocenters. The molecular weight excluding hydrogens is 260 g/mol. The van der Waals surface area contributed by atoms with Gasteiger partial charge in [0.05, 0.1) is 0 Å². The number of alkyl carbamates (subject to hydrolysis) is 1. The summed E-state index contributed by atoms with van der Waals surface area (Å²) in [7, 11) is 0. The van der Waals surface area contributed by atoms with Gasteiger partial charge in [-0.15, -0.1) is 0 Å². The number of carbonyl (C=O) groups excluding carboxylic acids is 1. The normalized spacial score (nSPS) is 20.5. The molecular formula is C14H26N2O2S. The van der Waals surface area contributed by atoms with E-state index in [1.54, 1.807) is 0 Å². The molecule has 1 rings (SSSR count). The van der Waals surface area contributed by atoms with Crippen LogP contribution in [0.3, 0.4) is 0 Å². The Labute approximate surface area is 120 Å². The minimum atomic E-state index is -0.437. The Hall–Kier alpha value is -0.680. The zero-order valence-electron chi connectivity index (χ0n) is 12.2. The van der Waals surface area contributed by atoms with Gasteiger partial charge < -0.3 is 15.4 Å². The molecule has 1 fully saturated rings. The molecule has 1 saturated heterocycles. The SMILES string of the molecule is CC(C)(C)OC(=O)NC/C=C/CNC1CCCSC1. The van der Waals surface area contributed by atoms with Crippen LogP contribution in [0.25, 0.3) is 0 Å². The zero-order valence-corrected chi connectivity index (χ0v) is 13.0. The summed E-state index contributed by atoms with van der Waals surface area (Å²) in [4.78, 5) is 11.4. The smallest absolute Gasteiger partial charge is 0.407 e. The van der Waals surface area contributed by atoms with Crippen LogP contribution < -0.4 is 10.6 Å². The minimum absolute atomic E-state index is 0.367. The number of hydrogen-bond donors (Lipinski definition) is 2. The van der Waals surface area contributed by atoms with Crippen LogP contribution in [0.15, 0.2) is 12.2 Å². The van der Waals surface area contributed by atoms with Crippen LogP contribution in [0, 0.1) is 0 Å². The van der Waals surface area contributed by atoms with Crippen molar-refractivity contribution in [3.63, 3.8) is 0 Å². The van der Waals surface area contributed by atoms with E-state index >= 15 is 0 Å². The Morgan fingerprint density at radius 1 is 1.37 bits per heavy atom. The van der Waals surface area contributed by atoms with E-state index in [2.05, 4.69) is 16.7 Å². The fourth-order valence-electron chi connectivity index (χ4n) is 1.76. The highest BCUT2D eigenvalue weighted by Crippen LogP contribution is 2.16. The van der Waals surface area contributed by atoms with Crippen LogP contribution in [-0.4, -0.2) is 42.3 Å².